The molecule has 1 aromatic rings. The molecule has 0 aliphatic rings. The van der Waals surface area contributed by atoms with Crippen molar-refractivity contribution < 1.29 is 29.0 Å². The largest absolute Gasteiger partial charge is 0.493 e. The molecule has 0 fully saturated rings. The Kier molecular flexibility index (Phi) is 16.4. The predicted molar refractivity (Wildman–Crippen MR) is 157 cm³/mol. The molecule has 0 heterocycles. The van der Waals surface area contributed by atoms with Gasteiger partial charge in [-0.2, -0.15) is 0 Å². The van der Waals surface area contributed by atoms with Crippen LogP contribution in [0.15, 0.2) is 24.3 Å². The molecule has 40 heavy (non-hydrogen) atoms. The summed E-state index contributed by atoms with van der Waals surface area (Å²) in [7, 11) is 4.92. The number of benzene rings is 1. The smallest absolute Gasteiger partial charge is 0.255 e. The molecule has 0 spiro atoms. The lowest BCUT2D eigenvalue weighted by Gasteiger charge is -2.30. The Bertz CT molecular complexity index is 908. The molecule has 1 rings (SSSR count). The van der Waals surface area contributed by atoms with Crippen LogP contribution in [0.2, 0.25) is 0 Å². The van der Waals surface area contributed by atoms with Gasteiger partial charge in [0.25, 0.3) is 5.91 Å². The fraction of sp³-hybridized carbons (Fsp3) is 0.700. The molecule has 0 radical (unpaired) electrons. The van der Waals surface area contributed by atoms with E-state index < -0.39 is 18.1 Å². The van der Waals surface area contributed by atoms with Crippen molar-refractivity contribution in [1.29, 1.82) is 0 Å². The SMILES string of the molecule is COCCCCOc1ccccc1C(=O)NCC(CC(N)C(O)CC(C(=O)NCC(=O)N(C)C)C(C)C)C(C)C. The van der Waals surface area contributed by atoms with E-state index in [4.69, 9.17) is 15.2 Å². The highest BCUT2D eigenvalue weighted by molar-refractivity contribution is 5.96. The quantitative estimate of drug-likeness (QED) is 0.189. The molecule has 0 saturated heterocycles. The van der Waals surface area contributed by atoms with Crippen LogP contribution in [0.1, 0.15) is 63.7 Å². The standard InChI is InChI=1S/C30H52N4O6/c1-20(2)22(18-32-29(37)23-12-8-9-13-27(23)40-15-11-10-14-39-7)16-25(31)26(35)17-24(21(3)4)30(38)33-19-28(36)34(5)6/h8-9,12-13,20-22,24-26,35H,10-11,14-19,31H2,1-7H3,(H,32,37)(H,33,38). The van der Waals surface area contributed by atoms with Crippen molar-refractivity contribution in [3.8, 4) is 5.75 Å². The van der Waals surface area contributed by atoms with Gasteiger partial charge >= 0.3 is 0 Å². The van der Waals surface area contributed by atoms with Gasteiger partial charge in [0.2, 0.25) is 11.8 Å². The fourth-order valence-corrected chi connectivity index (χ4v) is 4.30. The van der Waals surface area contributed by atoms with E-state index in [0.29, 0.717) is 37.5 Å². The number of para-hydroxylation sites is 1. The zero-order valence-electron chi connectivity index (χ0n) is 25.4. The molecule has 0 aromatic heterocycles. The number of likely N-dealkylation sites (N-methyl/N-ethyl adjacent to an activating group) is 1. The van der Waals surface area contributed by atoms with Crippen LogP contribution in [0.25, 0.3) is 0 Å². The first-order chi connectivity index (χ1) is 18.9. The molecule has 0 saturated carbocycles. The molecule has 5 N–H and O–H groups in total. The summed E-state index contributed by atoms with van der Waals surface area (Å²) in [5.74, 6) is -0.480. The fourth-order valence-electron chi connectivity index (χ4n) is 4.30. The molecule has 4 unspecified atom stereocenters. The van der Waals surface area contributed by atoms with E-state index in [1.807, 2.05) is 19.9 Å². The van der Waals surface area contributed by atoms with Gasteiger partial charge in [0, 0.05) is 46.3 Å². The van der Waals surface area contributed by atoms with Crippen molar-refractivity contribution in [2.75, 3.05) is 47.5 Å². The number of carbonyl (C=O) groups excluding carboxylic acids is 3. The second-order valence-electron chi connectivity index (χ2n) is 11.3. The number of carbonyl (C=O) groups is 3. The van der Waals surface area contributed by atoms with Crippen LogP contribution in [-0.2, 0) is 14.3 Å². The Hall–Kier alpha value is -2.69. The lowest BCUT2D eigenvalue weighted by molar-refractivity contribution is -0.133. The van der Waals surface area contributed by atoms with Crippen LogP contribution in [-0.4, -0.2) is 87.4 Å². The van der Waals surface area contributed by atoms with Crippen molar-refractivity contribution in [2.45, 2.75) is 65.5 Å². The molecule has 10 heteroatoms. The van der Waals surface area contributed by atoms with Gasteiger partial charge in [-0.25, -0.2) is 0 Å². The van der Waals surface area contributed by atoms with E-state index in [-0.39, 0.29) is 48.4 Å². The highest BCUT2D eigenvalue weighted by Crippen LogP contribution is 2.24. The summed E-state index contributed by atoms with van der Waals surface area (Å²) in [5, 5.41) is 16.6. The van der Waals surface area contributed by atoms with E-state index in [1.54, 1.807) is 39.4 Å². The van der Waals surface area contributed by atoms with E-state index in [1.165, 1.54) is 4.90 Å². The third-order valence-corrected chi connectivity index (χ3v) is 7.22. The first kappa shape index (κ1) is 35.3. The van der Waals surface area contributed by atoms with E-state index in [0.717, 1.165) is 12.8 Å². The van der Waals surface area contributed by atoms with Crippen LogP contribution in [0.4, 0.5) is 0 Å². The molecule has 10 nitrogen and oxygen atoms in total. The van der Waals surface area contributed by atoms with Gasteiger partial charge in [0.15, 0.2) is 0 Å². The van der Waals surface area contributed by atoms with Gasteiger partial charge in [-0.05, 0) is 55.6 Å². The summed E-state index contributed by atoms with van der Waals surface area (Å²) < 4.78 is 10.9. The van der Waals surface area contributed by atoms with Crippen molar-refractivity contribution in [2.24, 2.45) is 29.4 Å². The van der Waals surface area contributed by atoms with Crippen molar-refractivity contribution in [1.82, 2.24) is 15.5 Å². The minimum Gasteiger partial charge on any atom is -0.493 e. The molecule has 4 atom stereocenters. The third kappa shape index (κ3) is 12.7. The first-order valence-corrected chi connectivity index (χ1v) is 14.3. The Morgan fingerprint density at radius 3 is 2.23 bits per heavy atom. The van der Waals surface area contributed by atoms with Gasteiger partial charge in [-0.15, -0.1) is 0 Å². The van der Waals surface area contributed by atoms with Crippen molar-refractivity contribution >= 4 is 17.7 Å². The molecule has 1 aromatic carbocycles. The number of nitrogens with zero attached hydrogens (tertiary/aromatic N) is 1. The number of hydrogen-bond donors (Lipinski definition) is 4. The molecular weight excluding hydrogens is 512 g/mol. The summed E-state index contributed by atoms with van der Waals surface area (Å²) in [5.41, 5.74) is 6.89. The van der Waals surface area contributed by atoms with Crippen LogP contribution >= 0.6 is 0 Å². The molecule has 228 valence electrons. The number of aliphatic hydroxyl groups excluding tert-OH is 1. The number of rotatable bonds is 19. The zero-order valence-corrected chi connectivity index (χ0v) is 25.4. The Morgan fingerprint density at radius 2 is 1.62 bits per heavy atom. The molecule has 0 aliphatic heterocycles. The monoisotopic (exact) mass is 564 g/mol. The van der Waals surface area contributed by atoms with E-state index in [9.17, 15) is 19.5 Å². The molecule has 3 amide bonds. The predicted octanol–water partition coefficient (Wildman–Crippen LogP) is 2.44. The summed E-state index contributed by atoms with van der Waals surface area (Å²) in [6.45, 7) is 9.39. The number of methoxy groups -OCH3 is 1. The minimum atomic E-state index is -0.910. The van der Waals surface area contributed by atoms with Crippen LogP contribution in [0.3, 0.4) is 0 Å². The number of aliphatic hydroxyl groups is 1. The van der Waals surface area contributed by atoms with Gasteiger partial charge in [0.05, 0.1) is 24.8 Å². The lowest BCUT2D eigenvalue weighted by Crippen LogP contribution is -2.45. The van der Waals surface area contributed by atoms with Crippen LogP contribution in [0.5, 0.6) is 5.75 Å². The maximum atomic E-state index is 13.0. The molecular formula is C30H52N4O6. The molecule has 0 aliphatic carbocycles. The topological polar surface area (TPSA) is 143 Å². The Labute approximate surface area is 240 Å². The number of amides is 3. The van der Waals surface area contributed by atoms with Crippen LogP contribution in [0, 0.1) is 23.7 Å². The van der Waals surface area contributed by atoms with Crippen LogP contribution < -0.4 is 21.1 Å². The van der Waals surface area contributed by atoms with Gasteiger partial charge < -0.3 is 35.8 Å². The Balaban J connectivity index is 2.73. The lowest BCUT2D eigenvalue weighted by atomic mass is 9.83. The highest BCUT2D eigenvalue weighted by atomic mass is 16.5. The highest BCUT2D eigenvalue weighted by Gasteiger charge is 2.30. The number of ether oxygens (including phenoxy) is 2. The van der Waals surface area contributed by atoms with E-state index >= 15 is 0 Å². The second kappa shape index (κ2) is 18.6. The summed E-state index contributed by atoms with van der Waals surface area (Å²) >= 11 is 0. The second-order valence-corrected chi connectivity index (χ2v) is 11.3. The number of nitrogens with two attached hydrogens (primary N) is 1. The maximum Gasteiger partial charge on any atom is 0.255 e. The summed E-state index contributed by atoms with van der Waals surface area (Å²) in [6, 6.07) is 6.59. The average Bonchev–Trinajstić information content (AvgIpc) is 2.91. The number of unbranched alkanes of at least 4 members (excludes halogenated alkanes) is 1. The molecule has 0 bridgehead atoms. The van der Waals surface area contributed by atoms with Gasteiger partial charge in [0.1, 0.15) is 5.75 Å². The van der Waals surface area contributed by atoms with Crippen molar-refractivity contribution in [3.63, 3.8) is 0 Å². The first-order valence-electron chi connectivity index (χ1n) is 14.3. The minimum absolute atomic E-state index is 0.0137. The number of nitrogens with one attached hydrogen (secondary N) is 2. The third-order valence-electron chi connectivity index (χ3n) is 7.22. The number of hydrogen-bond acceptors (Lipinski definition) is 7. The summed E-state index contributed by atoms with van der Waals surface area (Å²) in [6.07, 6.45) is 1.46. The average molecular weight is 565 g/mol. The maximum absolute atomic E-state index is 13.0. The van der Waals surface area contributed by atoms with Gasteiger partial charge in [-0.3, -0.25) is 14.4 Å². The summed E-state index contributed by atoms with van der Waals surface area (Å²) in [4.78, 5) is 39.1. The van der Waals surface area contributed by atoms with Gasteiger partial charge in [-0.1, -0.05) is 39.8 Å². The zero-order chi connectivity index (χ0) is 30.2. The van der Waals surface area contributed by atoms with Crippen molar-refractivity contribution in [3.05, 3.63) is 29.8 Å². The normalized spacial score (nSPS) is 14.4. The van der Waals surface area contributed by atoms with E-state index in [2.05, 4.69) is 24.5 Å². The Morgan fingerprint density at radius 1 is 0.975 bits per heavy atom.